The third-order valence-corrected chi connectivity index (χ3v) is 2.10. The summed E-state index contributed by atoms with van der Waals surface area (Å²) in [5.41, 5.74) is 3.83. The van der Waals surface area contributed by atoms with Crippen molar-refractivity contribution in [3.05, 3.63) is 0 Å². The Morgan fingerprint density at radius 3 is 1.38 bits per heavy atom. The maximum absolute atomic E-state index is 8.49. The van der Waals surface area contributed by atoms with Crippen LogP contribution in [0.2, 0.25) is 0 Å². The first-order valence-corrected chi connectivity index (χ1v) is 7.06. The van der Waals surface area contributed by atoms with Crippen molar-refractivity contribution in [1.29, 1.82) is 0 Å². The van der Waals surface area contributed by atoms with Gasteiger partial charge in [0.2, 0.25) is 0 Å². The second kappa shape index (κ2) is 13.2. The molecule has 0 atom stereocenters. The summed E-state index contributed by atoms with van der Waals surface area (Å²) in [4.78, 5) is 0. The third-order valence-electron chi connectivity index (χ3n) is 2.10. The predicted molar refractivity (Wildman–Crippen MR) is 50.4 cm³/mol. The topological polar surface area (TPSA) is 120 Å². The van der Waals surface area contributed by atoms with Gasteiger partial charge in [0.25, 0.3) is 0 Å². The number of rotatable bonds is 8. The lowest BCUT2D eigenvalue weighted by molar-refractivity contribution is -2.00. The Hall–Kier alpha value is 0.0900. The number of quaternary nitrogens is 1. The summed E-state index contributed by atoms with van der Waals surface area (Å²) in [7, 11) is -4.94. The molecule has 0 aliphatic heterocycles. The molecule has 0 saturated carbocycles. The fourth-order valence-electron chi connectivity index (χ4n) is 1.31. The normalized spacial score (nSPS) is 10.9. The van der Waals surface area contributed by atoms with Gasteiger partial charge in [-0.1, -0.05) is 45.4 Å². The molecule has 0 aromatic rings. The van der Waals surface area contributed by atoms with E-state index in [-0.39, 0.29) is 0 Å². The van der Waals surface area contributed by atoms with Gasteiger partial charge in [-0.3, -0.25) is 0 Å². The largest absolute Gasteiger partial charge is 0.358 e. The van der Waals surface area contributed by atoms with Crippen LogP contribution in [-0.4, -0.2) is 6.54 Å². The van der Waals surface area contributed by atoms with Gasteiger partial charge >= 0.3 is 0 Å². The lowest BCUT2D eigenvalue weighted by Crippen LogP contribution is -2.68. The Morgan fingerprint density at radius 2 is 1.06 bits per heavy atom. The molecular formula is C10H24ClNO4. The lowest BCUT2D eigenvalue weighted by Gasteiger charge is -2.17. The Bertz CT molecular complexity index is 116. The lowest BCUT2D eigenvalue weighted by atomic mass is 10.1. The molecule has 100 valence electrons. The standard InChI is InChI=1S/C10H23N.ClHO4/c1-2-3-4-5-6-7-8-9-10-11;2-1(3,4)5/h2-11H2,1H3;(H,2,3,4,5). The van der Waals surface area contributed by atoms with Crippen LogP contribution in [-0.2, 0) is 0 Å². The van der Waals surface area contributed by atoms with E-state index in [1.807, 2.05) is 0 Å². The van der Waals surface area contributed by atoms with Crippen molar-refractivity contribution in [2.24, 2.45) is 0 Å². The van der Waals surface area contributed by atoms with E-state index in [1.54, 1.807) is 0 Å². The van der Waals surface area contributed by atoms with Gasteiger partial charge in [-0.25, -0.2) is 18.6 Å². The monoisotopic (exact) mass is 257 g/mol. The summed E-state index contributed by atoms with van der Waals surface area (Å²) in [6.45, 7) is 3.39. The van der Waals surface area contributed by atoms with Crippen LogP contribution in [0.3, 0.4) is 0 Å². The van der Waals surface area contributed by atoms with Crippen LogP contribution in [0.5, 0.6) is 0 Å². The van der Waals surface area contributed by atoms with Crippen molar-refractivity contribution in [1.82, 2.24) is 0 Å². The van der Waals surface area contributed by atoms with Gasteiger partial charge in [-0.05, 0) is 12.8 Å². The minimum atomic E-state index is -4.94. The van der Waals surface area contributed by atoms with E-state index >= 15 is 0 Å². The maximum atomic E-state index is 8.49. The fraction of sp³-hybridized carbons (Fsp3) is 1.00. The molecule has 0 rings (SSSR count). The first-order valence-electron chi connectivity index (χ1n) is 5.82. The van der Waals surface area contributed by atoms with E-state index in [2.05, 4.69) is 12.7 Å². The molecule has 0 fully saturated rings. The van der Waals surface area contributed by atoms with Crippen molar-refractivity contribution in [3.8, 4) is 0 Å². The zero-order valence-corrected chi connectivity index (χ0v) is 10.8. The average molecular weight is 258 g/mol. The zero-order valence-electron chi connectivity index (χ0n) is 10.1. The summed E-state index contributed by atoms with van der Waals surface area (Å²) < 4.78 is 34.0. The summed E-state index contributed by atoms with van der Waals surface area (Å²) in [5, 5.41) is 0. The molecule has 0 radical (unpaired) electrons. The first kappa shape index (κ1) is 18.5. The van der Waals surface area contributed by atoms with Gasteiger partial charge in [-0.15, -0.1) is 10.2 Å². The molecular weight excluding hydrogens is 234 g/mol. The van der Waals surface area contributed by atoms with Crippen LogP contribution >= 0.6 is 0 Å². The second-order valence-corrected chi connectivity index (χ2v) is 4.46. The Balaban J connectivity index is 0. The highest BCUT2D eigenvalue weighted by atomic mass is 35.7. The van der Waals surface area contributed by atoms with E-state index in [1.165, 1.54) is 51.4 Å². The number of unbranched alkanes of at least 4 members (excludes halogenated alkanes) is 7. The maximum Gasteiger partial charge on any atom is 0.0739 e. The van der Waals surface area contributed by atoms with Crippen LogP contribution in [0.4, 0.5) is 0 Å². The SMILES string of the molecule is CCCCCCCCCC[NH3+].[O-][Cl+3]([O-])([O-])[O-]. The van der Waals surface area contributed by atoms with Crippen LogP contribution < -0.4 is 24.4 Å². The minimum Gasteiger partial charge on any atom is -0.358 e. The molecule has 0 spiro atoms. The van der Waals surface area contributed by atoms with Crippen molar-refractivity contribution in [2.45, 2.75) is 58.3 Å². The molecule has 3 N–H and O–H groups in total. The van der Waals surface area contributed by atoms with Crippen molar-refractivity contribution in [2.75, 3.05) is 6.54 Å². The van der Waals surface area contributed by atoms with Crippen LogP contribution in [0.15, 0.2) is 0 Å². The van der Waals surface area contributed by atoms with Gasteiger partial charge in [0, 0.05) is 0 Å². The second-order valence-electron chi connectivity index (χ2n) is 3.71. The van der Waals surface area contributed by atoms with Gasteiger partial charge in [-0.2, -0.15) is 0 Å². The van der Waals surface area contributed by atoms with E-state index in [9.17, 15) is 0 Å². The van der Waals surface area contributed by atoms with Crippen LogP contribution in [0.25, 0.3) is 0 Å². The van der Waals surface area contributed by atoms with Crippen molar-refractivity contribution >= 4 is 0 Å². The Labute approximate surface area is 100 Å². The smallest absolute Gasteiger partial charge is 0.0739 e. The highest BCUT2D eigenvalue weighted by molar-refractivity contribution is 4.44. The van der Waals surface area contributed by atoms with E-state index in [0.717, 1.165) is 6.54 Å². The predicted octanol–water partition coefficient (Wildman–Crippen LogP) is -2.39. The van der Waals surface area contributed by atoms with E-state index in [4.69, 9.17) is 18.6 Å². The number of hydrogen-bond donors (Lipinski definition) is 1. The van der Waals surface area contributed by atoms with Gasteiger partial charge in [0.1, 0.15) is 0 Å². The molecule has 0 aromatic heterocycles. The summed E-state index contributed by atoms with van der Waals surface area (Å²) in [6, 6.07) is 0. The van der Waals surface area contributed by atoms with Gasteiger partial charge < -0.3 is 5.73 Å². The number of halogens is 1. The molecule has 0 amide bonds. The fourth-order valence-corrected chi connectivity index (χ4v) is 1.31. The summed E-state index contributed by atoms with van der Waals surface area (Å²) >= 11 is 0. The van der Waals surface area contributed by atoms with E-state index < -0.39 is 10.2 Å². The molecule has 0 bridgehead atoms. The number of hydrogen-bond acceptors (Lipinski definition) is 4. The van der Waals surface area contributed by atoms with E-state index in [0.29, 0.717) is 0 Å². The van der Waals surface area contributed by atoms with Gasteiger partial charge in [0.15, 0.2) is 0 Å². The molecule has 16 heavy (non-hydrogen) atoms. The quantitative estimate of drug-likeness (QED) is 0.488. The van der Waals surface area contributed by atoms with Crippen molar-refractivity contribution in [3.63, 3.8) is 0 Å². The highest BCUT2D eigenvalue weighted by Gasteiger charge is 1.89. The van der Waals surface area contributed by atoms with Crippen molar-refractivity contribution < 1.29 is 34.6 Å². The molecule has 0 aliphatic rings. The molecule has 0 heterocycles. The molecule has 6 heteroatoms. The molecule has 0 aromatic carbocycles. The Morgan fingerprint density at radius 1 is 0.750 bits per heavy atom. The minimum absolute atomic E-state index is 1.12. The zero-order chi connectivity index (χ0) is 12.9. The summed E-state index contributed by atoms with van der Waals surface area (Å²) in [5.74, 6) is 0. The molecule has 0 saturated heterocycles. The van der Waals surface area contributed by atoms with Crippen LogP contribution in [0.1, 0.15) is 58.3 Å². The molecule has 0 unspecified atom stereocenters. The molecule has 0 aliphatic carbocycles. The summed E-state index contributed by atoms with van der Waals surface area (Å²) in [6.07, 6.45) is 11.3. The third kappa shape index (κ3) is 36.9. The Kier molecular flexibility index (Phi) is 15.2. The van der Waals surface area contributed by atoms with Gasteiger partial charge in [0.05, 0.1) is 6.54 Å². The van der Waals surface area contributed by atoms with Crippen LogP contribution in [0, 0.1) is 10.2 Å². The highest BCUT2D eigenvalue weighted by Crippen LogP contribution is 2.07. The molecule has 5 nitrogen and oxygen atoms in total. The first-order chi connectivity index (χ1) is 7.41. The average Bonchev–Trinajstić information content (AvgIpc) is 2.14.